The first-order valence-corrected chi connectivity index (χ1v) is 11.6. The van der Waals surface area contributed by atoms with Gasteiger partial charge in [0.2, 0.25) is 5.91 Å². The monoisotopic (exact) mass is 478 g/mol. The first-order chi connectivity index (χ1) is 15.1. The highest BCUT2D eigenvalue weighted by Crippen LogP contribution is 2.26. The first-order valence-electron chi connectivity index (χ1n) is 10.9. The Morgan fingerprint density at radius 3 is 2.38 bits per heavy atom. The van der Waals surface area contributed by atoms with Crippen molar-refractivity contribution in [3.05, 3.63) is 63.6 Å². The van der Waals surface area contributed by atoms with Crippen molar-refractivity contribution >= 4 is 35.0 Å². The summed E-state index contributed by atoms with van der Waals surface area (Å²) in [7, 11) is 0. The van der Waals surface area contributed by atoms with E-state index in [4.69, 9.17) is 27.9 Å². The number of amides is 2. The van der Waals surface area contributed by atoms with Crippen LogP contribution in [0.15, 0.2) is 42.5 Å². The number of ether oxygens (including phenoxy) is 1. The van der Waals surface area contributed by atoms with Crippen LogP contribution in [0.1, 0.15) is 58.1 Å². The summed E-state index contributed by atoms with van der Waals surface area (Å²) in [4.78, 5) is 27.5. The van der Waals surface area contributed by atoms with Gasteiger partial charge in [-0.2, -0.15) is 0 Å². The van der Waals surface area contributed by atoms with Gasteiger partial charge in [-0.1, -0.05) is 68.2 Å². The van der Waals surface area contributed by atoms with Gasteiger partial charge in [-0.05, 0) is 55.5 Å². The number of nitrogens with one attached hydrogen (secondary N) is 1. The van der Waals surface area contributed by atoms with E-state index < -0.39 is 6.04 Å². The van der Waals surface area contributed by atoms with Gasteiger partial charge in [0.25, 0.3) is 5.91 Å². The highest BCUT2D eigenvalue weighted by molar-refractivity contribution is 6.35. The van der Waals surface area contributed by atoms with Crippen LogP contribution >= 0.6 is 23.2 Å². The molecule has 1 N–H and O–H groups in total. The predicted octanol–water partition coefficient (Wildman–Crippen LogP) is 5.83. The molecule has 0 spiro atoms. The minimum Gasteiger partial charge on any atom is -0.483 e. The first kappa shape index (κ1) is 26.0. The zero-order chi connectivity index (χ0) is 23.8. The maximum Gasteiger partial charge on any atom is 0.261 e. The molecule has 0 aliphatic heterocycles. The molecule has 0 bridgehead atoms. The molecule has 2 atom stereocenters. The number of carbonyl (C=O) groups excluding carboxylic acids is 2. The third kappa shape index (κ3) is 7.14. The molecule has 0 radical (unpaired) electrons. The van der Waals surface area contributed by atoms with Crippen LogP contribution in [0.5, 0.6) is 5.75 Å². The van der Waals surface area contributed by atoms with Crippen LogP contribution in [-0.4, -0.2) is 35.4 Å². The highest BCUT2D eigenvalue weighted by atomic mass is 35.5. The van der Waals surface area contributed by atoms with Gasteiger partial charge in [0, 0.05) is 22.6 Å². The summed E-state index contributed by atoms with van der Waals surface area (Å²) in [6, 6.07) is 12.1. The smallest absolute Gasteiger partial charge is 0.261 e. The zero-order valence-corrected chi connectivity index (χ0v) is 20.8. The van der Waals surface area contributed by atoms with Crippen molar-refractivity contribution in [3.8, 4) is 5.75 Å². The maximum atomic E-state index is 13.2. The number of nitrogens with zero attached hydrogens (tertiary/aromatic N) is 1. The van der Waals surface area contributed by atoms with Gasteiger partial charge in [-0.15, -0.1) is 0 Å². The van der Waals surface area contributed by atoms with Crippen LogP contribution in [0, 0.1) is 0 Å². The lowest BCUT2D eigenvalue weighted by molar-refractivity contribution is -0.142. The average molecular weight is 479 g/mol. The summed E-state index contributed by atoms with van der Waals surface area (Å²) < 4.78 is 5.88. The summed E-state index contributed by atoms with van der Waals surface area (Å²) in [5.41, 5.74) is 1.73. The summed E-state index contributed by atoms with van der Waals surface area (Å²) in [6.07, 6.45) is 0.796. The number of halogens is 2. The van der Waals surface area contributed by atoms with E-state index in [2.05, 4.69) is 19.2 Å². The van der Waals surface area contributed by atoms with E-state index in [1.54, 1.807) is 25.1 Å². The van der Waals surface area contributed by atoms with Gasteiger partial charge in [-0.3, -0.25) is 9.59 Å². The zero-order valence-electron chi connectivity index (χ0n) is 19.3. The van der Waals surface area contributed by atoms with Crippen LogP contribution in [0.25, 0.3) is 0 Å². The normalized spacial score (nSPS) is 12.9. The SMILES string of the molecule is CC[C@@H](C)NC(=O)[C@H](C)N(Cc1ccc(Cl)cc1Cl)C(=O)COc1ccccc1C(C)C. The molecule has 7 heteroatoms. The third-order valence-electron chi connectivity index (χ3n) is 5.42. The second-order valence-corrected chi connectivity index (χ2v) is 9.08. The molecule has 0 aliphatic carbocycles. The molecule has 0 fully saturated rings. The third-order valence-corrected chi connectivity index (χ3v) is 6.00. The Kier molecular flexibility index (Phi) is 9.85. The molecule has 0 saturated carbocycles. The minimum absolute atomic E-state index is 0.00944. The van der Waals surface area contributed by atoms with Crippen LogP contribution in [-0.2, 0) is 16.1 Å². The lowest BCUT2D eigenvalue weighted by Crippen LogP contribution is -2.50. The van der Waals surface area contributed by atoms with Crippen molar-refractivity contribution in [1.82, 2.24) is 10.2 Å². The number of para-hydroxylation sites is 1. The Balaban J connectivity index is 2.24. The molecule has 0 heterocycles. The van der Waals surface area contributed by atoms with E-state index in [1.807, 2.05) is 38.1 Å². The van der Waals surface area contributed by atoms with Crippen molar-refractivity contribution in [3.63, 3.8) is 0 Å². The number of benzene rings is 2. The summed E-state index contributed by atoms with van der Waals surface area (Å²) in [6.45, 7) is 9.75. The van der Waals surface area contributed by atoms with Gasteiger partial charge in [0.1, 0.15) is 11.8 Å². The van der Waals surface area contributed by atoms with Crippen LogP contribution in [0.2, 0.25) is 10.0 Å². The van der Waals surface area contributed by atoms with Gasteiger partial charge in [0.15, 0.2) is 6.61 Å². The lowest BCUT2D eigenvalue weighted by atomic mass is 10.0. The Labute approximate surface area is 201 Å². The quantitative estimate of drug-likeness (QED) is 0.467. The molecule has 0 saturated heterocycles. The van der Waals surface area contributed by atoms with Crippen molar-refractivity contribution in [2.24, 2.45) is 0 Å². The van der Waals surface area contributed by atoms with Gasteiger partial charge in [-0.25, -0.2) is 0 Å². The predicted molar refractivity (Wildman–Crippen MR) is 130 cm³/mol. The van der Waals surface area contributed by atoms with E-state index in [1.165, 1.54) is 4.90 Å². The number of hydrogen-bond acceptors (Lipinski definition) is 3. The molecule has 5 nitrogen and oxygen atoms in total. The van der Waals surface area contributed by atoms with E-state index in [-0.39, 0.29) is 36.9 Å². The molecule has 32 heavy (non-hydrogen) atoms. The van der Waals surface area contributed by atoms with E-state index >= 15 is 0 Å². The van der Waals surface area contributed by atoms with E-state index in [9.17, 15) is 9.59 Å². The van der Waals surface area contributed by atoms with Crippen molar-refractivity contribution in [2.75, 3.05) is 6.61 Å². The highest BCUT2D eigenvalue weighted by Gasteiger charge is 2.28. The fourth-order valence-electron chi connectivity index (χ4n) is 3.19. The van der Waals surface area contributed by atoms with Gasteiger partial charge in [0.05, 0.1) is 0 Å². The number of hydrogen-bond donors (Lipinski definition) is 1. The van der Waals surface area contributed by atoms with Crippen LogP contribution in [0.4, 0.5) is 0 Å². The van der Waals surface area contributed by atoms with E-state index in [0.717, 1.165) is 12.0 Å². The lowest BCUT2D eigenvalue weighted by Gasteiger charge is -2.30. The number of carbonyl (C=O) groups is 2. The molecule has 2 rings (SSSR count). The molecule has 174 valence electrons. The Morgan fingerprint density at radius 1 is 1.06 bits per heavy atom. The summed E-state index contributed by atoms with van der Waals surface area (Å²) in [5, 5.41) is 3.89. The molecule has 0 aliphatic rings. The van der Waals surface area contributed by atoms with Crippen LogP contribution in [0.3, 0.4) is 0 Å². The second kappa shape index (κ2) is 12.1. The fourth-order valence-corrected chi connectivity index (χ4v) is 3.66. The topological polar surface area (TPSA) is 58.6 Å². The Bertz CT molecular complexity index is 933. The van der Waals surface area contributed by atoms with Crippen molar-refractivity contribution in [2.45, 2.75) is 65.6 Å². The second-order valence-electron chi connectivity index (χ2n) is 8.23. The molecule has 2 aromatic rings. The van der Waals surface area contributed by atoms with E-state index in [0.29, 0.717) is 21.4 Å². The maximum absolute atomic E-state index is 13.2. The standard InChI is InChI=1S/C25H32Cl2N2O3/c1-6-17(4)28-25(31)18(5)29(14-19-11-12-20(26)13-22(19)27)24(30)15-32-23-10-8-7-9-21(23)16(2)3/h7-13,16-18H,6,14-15H2,1-5H3,(H,28,31)/t17-,18+/m1/s1. The van der Waals surface area contributed by atoms with Gasteiger partial charge < -0.3 is 15.0 Å². The fraction of sp³-hybridized carbons (Fsp3) is 0.440. The Morgan fingerprint density at radius 2 is 1.75 bits per heavy atom. The van der Waals surface area contributed by atoms with Crippen molar-refractivity contribution in [1.29, 1.82) is 0 Å². The molecular formula is C25H32Cl2N2O3. The average Bonchev–Trinajstić information content (AvgIpc) is 2.76. The number of rotatable bonds is 10. The van der Waals surface area contributed by atoms with Crippen molar-refractivity contribution < 1.29 is 14.3 Å². The molecule has 2 amide bonds. The summed E-state index contributed by atoms with van der Waals surface area (Å²) in [5.74, 6) is 0.393. The van der Waals surface area contributed by atoms with Crippen LogP contribution < -0.4 is 10.1 Å². The Hall–Kier alpha value is -2.24. The minimum atomic E-state index is -0.702. The molecule has 0 aromatic heterocycles. The molecule has 0 unspecified atom stereocenters. The molecular weight excluding hydrogens is 447 g/mol. The molecule has 2 aromatic carbocycles. The summed E-state index contributed by atoms with van der Waals surface area (Å²) >= 11 is 12.4. The van der Waals surface area contributed by atoms with Gasteiger partial charge >= 0.3 is 0 Å². The largest absolute Gasteiger partial charge is 0.483 e.